The summed E-state index contributed by atoms with van der Waals surface area (Å²) in [5.74, 6) is -1.12. The number of hydrogen-bond donors (Lipinski definition) is 1. The van der Waals surface area contributed by atoms with Crippen molar-refractivity contribution < 1.29 is 14.0 Å². The summed E-state index contributed by atoms with van der Waals surface area (Å²) in [6, 6.07) is 2.84. The van der Waals surface area contributed by atoms with Gasteiger partial charge in [0.25, 0.3) is 5.91 Å². The molecule has 1 aromatic rings. The maximum Gasteiger partial charge on any atom is 0.317 e. The van der Waals surface area contributed by atoms with Crippen molar-refractivity contribution >= 4 is 11.9 Å². The van der Waals surface area contributed by atoms with Crippen molar-refractivity contribution in [2.75, 3.05) is 26.2 Å². The van der Waals surface area contributed by atoms with E-state index in [0.29, 0.717) is 26.2 Å². The predicted octanol–water partition coefficient (Wildman–Crippen LogP) is 0.0703. The Labute approximate surface area is 109 Å². The third-order valence-electron chi connectivity index (χ3n) is 3.51. The molecule has 3 rings (SSSR count). The topological polar surface area (TPSA) is 65.5 Å². The molecule has 1 unspecified atom stereocenters. The molecule has 100 valence electrons. The van der Waals surface area contributed by atoms with Crippen molar-refractivity contribution in [1.29, 1.82) is 0 Å². The number of carbonyl (C=O) groups excluding carboxylic acids is 2. The van der Waals surface area contributed by atoms with Crippen LogP contribution in [0.3, 0.4) is 0 Å². The minimum Gasteiger partial charge on any atom is -0.336 e. The molecule has 0 bridgehead atoms. The van der Waals surface area contributed by atoms with Crippen LogP contribution in [-0.2, 0) is 0 Å². The second-order valence-corrected chi connectivity index (χ2v) is 4.63. The van der Waals surface area contributed by atoms with Gasteiger partial charge in [-0.2, -0.15) is 4.39 Å². The number of pyridine rings is 1. The monoisotopic (exact) mass is 264 g/mol. The van der Waals surface area contributed by atoms with E-state index in [0.717, 1.165) is 0 Å². The Hall–Kier alpha value is -2.18. The zero-order valence-electron chi connectivity index (χ0n) is 10.2. The standard InChI is InChI=1S/C12H13FN4O2/c13-10-9(2-1-3-14-10)11(18)16-4-5-17-8(7-16)6-15-12(17)19/h1-3,8H,4-7H2,(H,15,19). The number of nitrogens with one attached hydrogen (secondary N) is 1. The number of piperazine rings is 1. The second-order valence-electron chi connectivity index (χ2n) is 4.63. The van der Waals surface area contributed by atoms with E-state index in [1.807, 2.05) is 0 Å². The van der Waals surface area contributed by atoms with Crippen molar-refractivity contribution in [3.8, 4) is 0 Å². The fourth-order valence-corrected chi connectivity index (χ4v) is 2.50. The summed E-state index contributed by atoms with van der Waals surface area (Å²) in [5.41, 5.74) is -0.0202. The number of urea groups is 1. The number of fused-ring (bicyclic) bond motifs is 1. The molecule has 1 atom stereocenters. The SMILES string of the molecule is O=C(c1cccnc1F)N1CCN2C(=O)NCC2C1. The van der Waals surface area contributed by atoms with Gasteiger partial charge in [0.1, 0.15) is 0 Å². The van der Waals surface area contributed by atoms with Crippen LogP contribution in [0.25, 0.3) is 0 Å². The molecule has 0 aromatic carbocycles. The molecule has 7 heteroatoms. The molecule has 1 N–H and O–H groups in total. The third kappa shape index (κ3) is 2.00. The Bertz CT molecular complexity index is 536. The lowest BCUT2D eigenvalue weighted by Crippen LogP contribution is -2.53. The van der Waals surface area contributed by atoms with E-state index in [2.05, 4.69) is 10.3 Å². The third-order valence-corrected chi connectivity index (χ3v) is 3.51. The number of rotatable bonds is 1. The van der Waals surface area contributed by atoms with Crippen molar-refractivity contribution in [2.24, 2.45) is 0 Å². The van der Waals surface area contributed by atoms with Crippen LogP contribution >= 0.6 is 0 Å². The van der Waals surface area contributed by atoms with Crippen LogP contribution in [0.4, 0.5) is 9.18 Å². The van der Waals surface area contributed by atoms with E-state index in [1.54, 1.807) is 9.80 Å². The zero-order valence-corrected chi connectivity index (χ0v) is 10.2. The molecular weight excluding hydrogens is 251 g/mol. The van der Waals surface area contributed by atoms with Gasteiger partial charge in [-0.05, 0) is 12.1 Å². The van der Waals surface area contributed by atoms with E-state index in [1.165, 1.54) is 18.3 Å². The van der Waals surface area contributed by atoms with E-state index in [9.17, 15) is 14.0 Å². The highest BCUT2D eigenvalue weighted by molar-refractivity contribution is 5.94. The first-order valence-corrected chi connectivity index (χ1v) is 6.11. The van der Waals surface area contributed by atoms with Gasteiger partial charge in [-0.3, -0.25) is 4.79 Å². The van der Waals surface area contributed by atoms with Crippen LogP contribution < -0.4 is 5.32 Å². The van der Waals surface area contributed by atoms with Gasteiger partial charge >= 0.3 is 6.03 Å². The second kappa shape index (κ2) is 4.49. The Balaban J connectivity index is 1.76. The van der Waals surface area contributed by atoms with Gasteiger partial charge in [-0.15, -0.1) is 0 Å². The van der Waals surface area contributed by atoms with Gasteiger partial charge in [0.15, 0.2) is 0 Å². The quantitative estimate of drug-likeness (QED) is 0.730. The Kier molecular flexibility index (Phi) is 2.81. The minimum absolute atomic E-state index is 0.0202. The van der Waals surface area contributed by atoms with E-state index >= 15 is 0 Å². The van der Waals surface area contributed by atoms with Gasteiger partial charge in [0, 0.05) is 32.4 Å². The van der Waals surface area contributed by atoms with Crippen LogP contribution in [0.15, 0.2) is 18.3 Å². The van der Waals surface area contributed by atoms with Crippen molar-refractivity contribution in [2.45, 2.75) is 6.04 Å². The van der Waals surface area contributed by atoms with Crippen LogP contribution in [0, 0.1) is 5.95 Å². The molecule has 2 aliphatic rings. The lowest BCUT2D eigenvalue weighted by Gasteiger charge is -2.36. The number of aromatic nitrogens is 1. The summed E-state index contributed by atoms with van der Waals surface area (Å²) in [7, 11) is 0. The lowest BCUT2D eigenvalue weighted by molar-refractivity contribution is 0.0611. The fourth-order valence-electron chi connectivity index (χ4n) is 2.50. The molecule has 2 fully saturated rings. The van der Waals surface area contributed by atoms with E-state index < -0.39 is 5.95 Å². The molecule has 0 saturated carbocycles. The van der Waals surface area contributed by atoms with Crippen molar-refractivity contribution in [3.05, 3.63) is 29.8 Å². The molecule has 0 aliphatic carbocycles. The zero-order chi connectivity index (χ0) is 13.4. The average molecular weight is 264 g/mol. The normalized spacial score (nSPS) is 22.2. The van der Waals surface area contributed by atoms with Gasteiger partial charge in [-0.25, -0.2) is 9.78 Å². The summed E-state index contributed by atoms with van der Waals surface area (Å²) >= 11 is 0. The lowest BCUT2D eigenvalue weighted by atomic mass is 10.1. The number of hydrogen-bond acceptors (Lipinski definition) is 3. The van der Waals surface area contributed by atoms with Crippen LogP contribution in [0.5, 0.6) is 0 Å². The van der Waals surface area contributed by atoms with Crippen LogP contribution in [-0.4, -0.2) is 58.9 Å². The molecule has 19 heavy (non-hydrogen) atoms. The molecule has 3 amide bonds. The molecule has 2 saturated heterocycles. The minimum atomic E-state index is -0.754. The summed E-state index contributed by atoms with van der Waals surface area (Å²) in [6.07, 6.45) is 1.31. The number of carbonyl (C=O) groups is 2. The first kappa shape index (κ1) is 11.9. The maximum atomic E-state index is 13.5. The van der Waals surface area contributed by atoms with E-state index in [4.69, 9.17) is 0 Å². The summed E-state index contributed by atoms with van der Waals surface area (Å²) in [6.45, 7) is 1.84. The molecule has 0 radical (unpaired) electrons. The number of halogens is 1. The van der Waals surface area contributed by atoms with Crippen LogP contribution in [0.2, 0.25) is 0 Å². The summed E-state index contributed by atoms with van der Waals surface area (Å²) in [4.78, 5) is 30.4. The van der Waals surface area contributed by atoms with Gasteiger partial charge < -0.3 is 15.1 Å². The Morgan fingerprint density at radius 3 is 3.11 bits per heavy atom. The van der Waals surface area contributed by atoms with Gasteiger partial charge in [0.2, 0.25) is 5.95 Å². The van der Waals surface area contributed by atoms with Gasteiger partial charge in [-0.1, -0.05) is 0 Å². The number of amides is 3. The number of nitrogens with zero attached hydrogens (tertiary/aromatic N) is 3. The maximum absolute atomic E-state index is 13.5. The van der Waals surface area contributed by atoms with E-state index in [-0.39, 0.29) is 23.5 Å². The van der Waals surface area contributed by atoms with Crippen molar-refractivity contribution in [3.63, 3.8) is 0 Å². The first-order valence-electron chi connectivity index (χ1n) is 6.11. The Morgan fingerprint density at radius 2 is 2.32 bits per heavy atom. The predicted molar refractivity (Wildman–Crippen MR) is 64.0 cm³/mol. The first-order chi connectivity index (χ1) is 9.16. The van der Waals surface area contributed by atoms with Gasteiger partial charge in [0.05, 0.1) is 11.6 Å². The summed E-state index contributed by atoms with van der Waals surface area (Å²) in [5, 5.41) is 2.73. The summed E-state index contributed by atoms with van der Waals surface area (Å²) < 4.78 is 13.5. The fraction of sp³-hybridized carbons (Fsp3) is 0.417. The molecule has 1 aromatic heterocycles. The Morgan fingerprint density at radius 1 is 1.47 bits per heavy atom. The highest BCUT2D eigenvalue weighted by Gasteiger charge is 2.37. The molecule has 0 spiro atoms. The smallest absolute Gasteiger partial charge is 0.317 e. The largest absolute Gasteiger partial charge is 0.336 e. The van der Waals surface area contributed by atoms with Crippen molar-refractivity contribution in [1.82, 2.24) is 20.1 Å². The highest BCUT2D eigenvalue weighted by Crippen LogP contribution is 2.17. The molecular formula is C12H13FN4O2. The molecule has 2 aliphatic heterocycles. The highest BCUT2D eigenvalue weighted by atomic mass is 19.1. The molecule has 3 heterocycles. The molecule has 6 nitrogen and oxygen atoms in total. The van der Waals surface area contributed by atoms with Crippen LogP contribution in [0.1, 0.15) is 10.4 Å². The average Bonchev–Trinajstić information content (AvgIpc) is 2.80.